The van der Waals surface area contributed by atoms with E-state index in [1.165, 1.54) is 7.11 Å². The van der Waals surface area contributed by atoms with Crippen LogP contribution in [0.3, 0.4) is 0 Å². The van der Waals surface area contributed by atoms with Crippen molar-refractivity contribution in [1.82, 2.24) is 5.32 Å². The molecule has 0 spiro atoms. The second kappa shape index (κ2) is 6.79. The van der Waals surface area contributed by atoms with Crippen LogP contribution in [0.4, 0.5) is 0 Å². The average Bonchev–Trinajstić information content (AvgIpc) is 2.98. The zero-order valence-corrected chi connectivity index (χ0v) is 11.3. The Morgan fingerprint density at radius 2 is 2.15 bits per heavy atom. The van der Waals surface area contributed by atoms with E-state index in [9.17, 15) is 15.0 Å². The first-order valence-electron chi connectivity index (χ1n) is 6.67. The molecule has 0 unspecified atom stereocenters. The standard InChI is InChI=1S/C12H21NO7/c1-18-12-10(9(16)8(15)7(5-14)19-12)20-11(17)6-3-2-4-13-6/h6-10,12-16H,2-5H2,1H3/t6-,7-,8-,9+,10-,12+/m1/s1. The van der Waals surface area contributed by atoms with Gasteiger partial charge in [-0.05, 0) is 19.4 Å². The fourth-order valence-electron chi connectivity index (χ4n) is 2.47. The number of hydrogen-bond acceptors (Lipinski definition) is 8. The molecule has 6 atom stereocenters. The molecule has 8 nitrogen and oxygen atoms in total. The predicted molar refractivity (Wildman–Crippen MR) is 65.7 cm³/mol. The van der Waals surface area contributed by atoms with E-state index in [1.54, 1.807) is 0 Å². The van der Waals surface area contributed by atoms with Crippen LogP contribution in [-0.4, -0.2) is 78.3 Å². The monoisotopic (exact) mass is 291 g/mol. The highest BCUT2D eigenvalue weighted by Gasteiger charge is 2.47. The number of aliphatic hydroxyl groups is 3. The maximum absolute atomic E-state index is 11.9. The zero-order chi connectivity index (χ0) is 14.7. The van der Waals surface area contributed by atoms with Gasteiger partial charge in [-0.2, -0.15) is 0 Å². The quantitative estimate of drug-likeness (QED) is 0.429. The van der Waals surface area contributed by atoms with E-state index in [2.05, 4.69) is 5.32 Å². The van der Waals surface area contributed by atoms with Gasteiger partial charge in [-0.1, -0.05) is 0 Å². The summed E-state index contributed by atoms with van der Waals surface area (Å²) >= 11 is 0. The fourth-order valence-corrected chi connectivity index (χ4v) is 2.47. The summed E-state index contributed by atoms with van der Waals surface area (Å²) in [7, 11) is 1.33. The van der Waals surface area contributed by atoms with Crippen LogP contribution in [-0.2, 0) is 19.0 Å². The Kier molecular flexibility index (Phi) is 5.30. The molecule has 2 aliphatic rings. The van der Waals surface area contributed by atoms with E-state index in [-0.39, 0.29) is 0 Å². The number of hydrogen-bond donors (Lipinski definition) is 4. The molecule has 20 heavy (non-hydrogen) atoms. The van der Waals surface area contributed by atoms with Gasteiger partial charge >= 0.3 is 5.97 Å². The lowest BCUT2D eigenvalue weighted by Gasteiger charge is -2.41. The van der Waals surface area contributed by atoms with Crippen LogP contribution in [0.1, 0.15) is 12.8 Å². The van der Waals surface area contributed by atoms with Gasteiger partial charge in [0.1, 0.15) is 24.4 Å². The van der Waals surface area contributed by atoms with Gasteiger partial charge in [-0.15, -0.1) is 0 Å². The third-order valence-corrected chi connectivity index (χ3v) is 3.65. The molecule has 0 aromatic heterocycles. The molecule has 0 amide bonds. The molecule has 0 aromatic carbocycles. The molecular weight excluding hydrogens is 270 g/mol. The molecule has 0 radical (unpaired) electrons. The molecule has 2 fully saturated rings. The third kappa shape index (κ3) is 3.11. The van der Waals surface area contributed by atoms with Crippen LogP contribution in [0.5, 0.6) is 0 Å². The molecule has 4 N–H and O–H groups in total. The van der Waals surface area contributed by atoms with Crippen molar-refractivity contribution < 1.29 is 34.3 Å². The fraction of sp³-hybridized carbons (Fsp3) is 0.917. The van der Waals surface area contributed by atoms with E-state index >= 15 is 0 Å². The largest absolute Gasteiger partial charge is 0.453 e. The van der Waals surface area contributed by atoms with Crippen LogP contribution in [0.25, 0.3) is 0 Å². The lowest BCUT2D eigenvalue weighted by atomic mass is 9.99. The minimum atomic E-state index is -1.38. The van der Waals surface area contributed by atoms with Crippen molar-refractivity contribution in [1.29, 1.82) is 0 Å². The smallest absolute Gasteiger partial charge is 0.323 e. The molecule has 0 bridgehead atoms. The summed E-state index contributed by atoms with van der Waals surface area (Å²) in [6.45, 7) is 0.273. The third-order valence-electron chi connectivity index (χ3n) is 3.65. The molecule has 116 valence electrons. The summed E-state index contributed by atoms with van der Waals surface area (Å²) < 4.78 is 15.5. The number of carbonyl (C=O) groups excluding carboxylic acids is 1. The van der Waals surface area contributed by atoms with Crippen molar-refractivity contribution in [3.8, 4) is 0 Å². The van der Waals surface area contributed by atoms with Gasteiger partial charge in [-0.3, -0.25) is 4.79 Å². The van der Waals surface area contributed by atoms with Crippen molar-refractivity contribution in [3.05, 3.63) is 0 Å². The van der Waals surface area contributed by atoms with Gasteiger partial charge in [0.2, 0.25) is 0 Å². The Morgan fingerprint density at radius 1 is 1.40 bits per heavy atom. The second-order valence-corrected chi connectivity index (χ2v) is 4.99. The first-order chi connectivity index (χ1) is 9.58. The maximum Gasteiger partial charge on any atom is 0.323 e. The average molecular weight is 291 g/mol. The van der Waals surface area contributed by atoms with Crippen LogP contribution in [0.2, 0.25) is 0 Å². The Bertz CT molecular complexity index is 332. The Morgan fingerprint density at radius 3 is 2.70 bits per heavy atom. The first-order valence-corrected chi connectivity index (χ1v) is 6.67. The van der Waals surface area contributed by atoms with Crippen molar-refractivity contribution in [2.45, 2.75) is 49.6 Å². The Hall–Kier alpha value is -0.770. The molecule has 0 aliphatic carbocycles. The van der Waals surface area contributed by atoms with Crippen LogP contribution < -0.4 is 5.32 Å². The highest BCUT2D eigenvalue weighted by atomic mass is 16.7. The maximum atomic E-state index is 11.9. The second-order valence-electron chi connectivity index (χ2n) is 4.99. The zero-order valence-electron chi connectivity index (χ0n) is 11.3. The minimum absolute atomic E-state index is 0.410. The molecule has 2 rings (SSSR count). The molecular formula is C12H21NO7. The minimum Gasteiger partial charge on any atom is -0.453 e. The van der Waals surface area contributed by atoms with Gasteiger partial charge in [0.25, 0.3) is 0 Å². The van der Waals surface area contributed by atoms with E-state index in [0.717, 1.165) is 13.0 Å². The summed E-state index contributed by atoms with van der Waals surface area (Å²) in [5.41, 5.74) is 0. The van der Waals surface area contributed by atoms with Gasteiger partial charge < -0.3 is 34.8 Å². The molecule has 0 saturated carbocycles. The SMILES string of the molecule is CO[C@H]1O[C@H](CO)[C@@H](O)[C@H](O)[C@H]1OC(=O)[C@H]1CCCN1. The number of aliphatic hydroxyl groups excluding tert-OH is 3. The van der Waals surface area contributed by atoms with Gasteiger partial charge in [0, 0.05) is 7.11 Å². The molecule has 0 aromatic rings. The number of carbonyl (C=O) groups is 1. The van der Waals surface area contributed by atoms with E-state index in [4.69, 9.17) is 19.3 Å². The van der Waals surface area contributed by atoms with Crippen LogP contribution >= 0.6 is 0 Å². The van der Waals surface area contributed by atoms with Crippen molar-refractivity contribution in [2.24, 2.45) is 0 Å². The lowest BCUT2D eigenvalue weighted by Crippen LogP contribution is -2.60. The molecule has 8 heteroatoms. The van der Waals surface area contributed by atoms with Gasteiger partial charge in [-0.25, -0.2) is 0 Å². The highest BCUT2D eigenvalue weighted by molar-refractivity contribution is 5.76. The highest BCUT2D eigenvalue weighted by Crippen LogP contribution is 2.24. The predicted octanol–water partition coefficient (Wildman–Crippen LogP) is -2.26. The normalized spacial score (nSPS) is 41.6. The molecule has 2 aliphatic heterocycles. The van der Waals surface area contributed by atoms with Crippen molar-refractivity contribution in [3.63, 3.8) is 0 Å². The van der Waals surface area contributed by atoms with Gasteiger partial charge in [0.05, 0.1) is 6.61 Å². The molecule has 2 saturated heterocycles. The number of ether oxygens (including phenoxy) is 3. The van der Waals surface area contributed by atoms with E-state index in [0.29, 0.717) is 6.42 Å². The Labute approximate surface area is 116 Å². The first kappa shape index (κ1) is 15.6. The summed E-state index contributed by atoms with van der Waals surface area (Å²) in [5.74, 6) is -0.508. The summed E-state index contributed by atoms with van der Waals surface area (Å²) in [5, 5.41) is 31.9. The van der Waals surface area contributed by atoms with E-state index in [1.807, 2.05) is 0 Å². The van der Waals surface area contributed by atoms with Crippen molar-refractivity contribution in [2.75, 3.05) is 20.3 Å². The number of nitrogens with one attached hydrogen (secondary N) is 1. The summed E-state index contributed by atoms with van der Waals surface area (Å²) in [4.78, 5) is 11.9. The Balaban J connectivity index is 2.01. The van der Waals surface area contributed by atoms with Crippen molar-refractivity contribution >= 4 is 5.97 Å². The van der Waals surface area contributed by atoms with Crippen LogP contribution in [0.15, 0.2) is 0 Å². The number of methoxy groups -OCH3 is 1. The summed E-state index contributed by atoms with van der Waals surface area (Å²) in [6, 6.07) is -0.410. The van der Waals surface area contributed by atoms with Crippen LogP contribution in [0, 0.1) is 0 Å². The summed E-state index contributed by atoms with van der Waals surface area (Å²) in [6.07, 6.45) is -4.32. The molecule has 2 heterocycles. The lowest BCUT2D eigenvalue weighted by molar-refractivity contribution is -0.298. The van der Waals surface area contributed by atoms with E-state index < -0.39 is 49.3 Å². The number of rotatable bonds is 4. The topological polar surface area (TPSA) is 117 Å². The number of esters is 1. The van der Waals surface area contributed by atoms with Gasteiger partial charge in [0.15, 0.2) is 12.4 Å².